The van der Waals surface area contributed by atoms with E-state index in [1.807, 2.05) is 0 Å². The molecule has 0 aliphatic rings. The lowest BCUT2D eigenvalue weighted by Gasteiger charge is -2.39. The Kier molecular flexibility index (Phi) is 38.4. The molecule has 0 radical (unpaired) electrons. The van der Waals surface area contributed by atoms with E-state index in [9.17, 15) is 0 Å². The summed E-state index contributed by atoms with van der Waals surface area (Å²) in [6.45, 7) is 15.3. The number of rotatable bonds is 40. The minimum absolute atomic E-state index is 1.37. The van der Waals surface area contributed by atoms with Crippen molar-refractivity contribution in [3.8, 4) is 0 Å². The van der Waals surface area contributed by atoms with Crippen LogP contribution in [-0.4, -0.2) is 30.7 Å². The predicted molar refractivity (Wildman–Crippen MR) is 209 cm³/mol. The summed E-state index contributed by atoms with van der Waals surface area (Å²) in [4.78, 5) is 0. The molecule has 0 rings (SSSR count). The molecule has 0 saturated carbocycles. The quantitative estimate of drug-likeness (QED) is 0.0465. The van der Waals surface area contributed by atoms with E-state index >= 15 is 0 Å². The number of nitrogens with zero attached hydrogens (tertiary/aromatic N) is 1. The van der Waals surface area contributed by atoms with Crippen LogP contribution in [-0.2, 0) is 0 Å². The molecular formula is C44H92N+. The second-order valence-corrected chi connectivity index (χ2v) is 15.5. The third kappa shape index (κ3) is 33.6. The van der Waals surface area contributed by atoms with Crippen molar-refractivity contribution >= 4 is 0 Å². The molecule has 0 amide bonds. The van der Waals surface area contributed by atoms with Crippen molar-refractivity contribution in [2.24, 2.45) is 0 Å². The Labute approximate surface area is 288 Å². The zero-order valence-electron chi connectivity index (χ0n) is 32.7. The average molecular weight is 635 g/mol. The molecular weight excluding hydrogens is 542 g/mol. The van der Waals surface area contributed by atoms with E-state index in [2.05, 4.69) is 27.7 Å². The summed E-state index contributed by atoms with van der Waals surface area (Å²) in [5.41, 5.74) is 0. The first-order valence-corrected chi connectivity index (χ1v) is 22.1. The van der Waals surface area contributed by atoms with Crippen molar-refractivity contribution in [3.05, 3.63) is 0 Å². The fourth-order valence-electron chi connectivity index (χ4n) is 7.70. The van der Waals surface area contributed by atoms with Crippen LogP contribution in [0.15, 0.2) is 0 Å². The van der Waals surface area contributed by atoms with Gasteiger partial charge < -0.3 is 4.48 Å². The molecule has 0 spiro atoms. The maximum absolute atomic E-state index is 2.39. The van der Waals surface area contributed by atoms with Gasteiger partial charge in [0.05, 0.1) is 26.2 Å². The van der Waals surface area contributed by atoms with Crippen LogP contribution in [0, 0.1) is 0 Å². The maximum Gasteiger partial charge on any atom is 0.0786 e. The minimum Gasteiger partial charge on any atom is -0.324 e. The van der Waals surface area contributed by atoms with Crippen molar-refractivity contribution in [2.45, 2.75) is 259 Å². The molecule has 0 heterocycles. The Bertz CT molecular complexity index is 449. The molecule has 0 fully saturated rings. The molecule has 0 bridgehead atoms. The Morgan fingerprint density at radius 3 is 0.511 bits per heavy atom. The van der Waals surface area contributed by atoms with Gasteiger partial charge in [-0.05, 0) is 51.4 Å². The van der Waals surface area contributed by atoms with Crippen LogP contribution < -0.4 is 0 Å². The van der Waals surface area contributed by atoms with Gasteiger partial charge in [0.15, 0.2) is 0 Å². The summed E-state index contributed by atoms with van der Waals surface area (Å²) in [7, 11) is 0. The standard InChI is InChI=1S/C44H92N/c1-5-9-13-16-19-22-25-28-31-34-38-42-45(41-37-12-8-4,43-39-35-32-29-26-23-20-17-14-10-6-2)44-40-36-33-30-27-24-21-18-15-11-7-3/h5-44H2,1-4H3/q+1. The molecule has 0 atom stereocenters. The number of hydrogen-bond acceptors (Lipinski definition) is 0. The Morgan fingerprint density at radius 2 is 0.311 bits per heavy atom. The van der Waals surface area contributed by atoms with Gasteiger partial charge in [0.25, 0.3) is 0 Å². The van der Waals surface area contributed by atoms with Gasteiger partial charge in [0.1, 0.15) is 0 Å². The highest BCUT2D eigenvalue weighted by Crippen LogP contribution is 2.21. The van der Waals surface area contributed by atoms with Gasteiger partial charge in [-0.1, -0.05) is 207 Å². The third-order valence-electron chi connectivity index (χ3n) is 10.9. The van der Waals surface area contributed by atoms with Crippen LogP contribution in [0.5, 0.6) is 0 Å². The second-order valence-electron chi connectivity index (χ2n) is 15.5. The molecule has 1 nitrogen and oxygen atoms in total. The lowest BCUT2D eigenvalue weighted by molar-refractivity contribution is -0.929. The van der Waals surface area contributed by atoms with Crippen LogP contribution in [0.3, 0.4) is 0 Å². The highest BCUT2D eigenvalue weighted by Gasteiger charge is 2.25. The normalized spacial score (nSPS) is 12.0. The summed E-state index contributed by atoms with van der Waals surface area (Å²) in [5.74, 6) is 0. The molecule has 0 aliphatic heterocycles. The van der Waals surface area contributed by atoms with Crippen molar-refractivity contribution in [1.82, 2.24) is 0 Å². The van der Waals surface area contributed by atoms with Crippen molar-refractivity contribution in [3.63, 3.8) is 0 Å². The molecule has 0 aromatic carbocycles. The highest BCUT2D eigenvalue weighted by atomic mass is 15.3. The molecule has 0 N–H and O–H groups in total. The molecule has 45 heavy (non-hydrogen) atoms. The Hall–Kier alpha value is -0.0400. The summed E-state index contributed by atoms with van der Waals surface area (Å²) < 4.78 is 1.48. The van der Waals surface area contributed by atoms with Gasteiger partial charge in [0.2, 0.25) is 0 Å². The fraction of sp³-hybridized carbons (Fsp3) is 1.00. The summed E-state index contributed by atoms with van der Waals surface area (Å²) in [5, 5.41) is 0. The van der Waals surface area contributed by atoms with Crippen LogP contribution in [0.4, 0.5) is 0 Å². The summed E-state index contributed by atoms with van der Waals surface area (Å²) in [6.07, 6.45) is 52.7. The zero-order valence-corrected chi connectivity index (χ0v) is 32.7. The van der Waals surface area contributed by atoms with E-state index in [1.165, 1.54) is 262 Å². The van der Waals surface area contributed by atoms with E-state index < -0.39 is 0 Å². The average Bonchev–Trinajstić information content (AvgIpc) is 3.05. The third-order valence-corrected chi connectivity index (χ3v) is 10.9. The first kappa shape index (κ1) is 45.0. The first-order chi connectivity index (χ1) is 22.2. The van der Waals surface area contributed by atoms with Crippen LogP contribution >= 0.6 is 0 Å². The van der Waals surface area contributed by atoms with Crippen molar-refractivity contribution < 1.29 is 4.48 Å². The van der Waals surface area contributed by atoms with Gasteiger partial charge in [-0.25, -0.2) is 0 Å². The highest BCUT2D eigenvalue weighted by molar-refractivity contribution is 4.56. The smallest absolute Gasteiger partial charge is 0.0786 e. The van der Waals surface area contributed by atoms with E-state index in [1.54, 1.807) is 0 Å². The minimum atomic E-state index is 1.37. The largest absolute Gasteiger partial charge is 0.324 e. The van der Waals surface area contributed by atoms with Crippen molar-refractivity contribution in [1.29, 1.82) is 0 Å². The Morgan fingerprint density at radius 1 is 0.178 bits per heavy atom. The van der Waals surface area contributed by atoms with Gasteiger partial charge in [-0.15, -0.1) is 0 Å². The number of quaternary nitrogens is 1. The first-order valence-electron chi connectivity index (χ1n) is 22.1. The van der Waals surface area contributed by atoms with E-state index in [0.29, 0.717) is 0 Å². The fourth-order valence-corrected chi connectivity index (χ4v) is 7.70. The molecule has 272 valence electrons. The SMILES string of the molecule is CCCCCCCCCCCCC[N+](CCCCC)(CCCCCCCCCCCCC)CCCCCCCCCCCCC. The van der Waals surface area contributed by atoms with Gasteiger partial charge in [-0.2, -0.15) is 0 Å². The molecule has 0 aromatic rings. The maximum atomic E-state index is 2.39. The lowest BCUT2D eigenvalue weighted by Crippen LogP contribution is -2.50. The lowest BCUT2D eigenvalue weighted by atomic mass is 10.0. The van der Waals surface area contributed by atoms with Crippen LogP contribution in [0.1, 0.15) is 259 Å². The molecule has 0 saturated heterocycles. The monoisotopic (exact) mass is 635 g/mol. The van der Waals surface area contributed by atoms with Crippen LogP contribution in [0.25, 0.3) is 0 Å². The summed E-state index contributed by atoms with van der Waals surface area (Å²) in [6, 6.07) is 0. The predicted octanol–water partition coefficient (Wildman–Crippen LogP) is 15.9. The molecule has 0 aromatic heterocycles. The van der Waals surface area contributed by atoms with Gasteiger partial charge in [0, 0.05) is 0 Å². The number of unbranched alkanes of at least 4 members (excludes halogenated alkanes) is 32. The van der Waals surface area contributed by atoms with E-state index in [0.717, 1.165) is 0 Å². The topological polar surface area (TPSA) is 0 Å². The van der Waals surface area contributed by atoms with E-state index in [4.69, 9.17) is 0 Å². The van der Waals surface area contributed by atoms with Gasteiger partial charge in [-0.3, -0.25) is 0 Å². The van der Waals surface area contributed by atoms with Crippen LogP contribution in [0.2, 0.25) is 0 Å². The molecule has 0 unspecified atom stereocenters. The zero-order chi connectivity index (χ0) is 32.8. The Balaban J connectivity index is 4.56. The molecule has 1 heteroatoms. The van der Waals surface area contributed by atoms with Crippen molar-refractivity contribution in [2.75, 3.05) is 26.2 Å². The molecule has 0 aliphatic carbocycles. The number of hydrogen-bond donors (Lipinski definition) is 0. The summed E-state index contributed by atoms with van der Waals surface area (Å²) >= 11 is 0. The van der Waals surface area contributed by atoms with Gasteiger partial charge >= 0.3 is 0 Å². The second kappa shape index (κ2) is 38.4. The van der Waals surface area contributed by atoms with E-state index in [-0.39, 0.29) is 0 Å².